The van der Waals surface area contributed by atoms with Crippen LogP contribution in [0.1, 0.15) is 66.7 Å². The molecule has 0 aliphatic carbocycles. The maximum Gasteiger partial charge on any atom is 0.311 e. The molecule has 30 heavy (non-hydrogen) atoms. The van der Waals surface area contributed by atoms with Crippen molar-refractivity contribution < 1.29 is 23.7 Å². The number of ether oxygens (including phenoxy) is 4. The van der Waals surface area contributed by atoms with Gasteiger partial charge >= 0.3 is 5.97 Å². The number of benzene rings is 2. The van der Waals surface area contributed by atoms with Gasteiger partial charge in [-0.05, 0) is 44.4 Å². The van der Waals surface area contributed by atoms with Gasteiger partial charge in [0.15, 0.2) is 11.5 Å². The normalized spacial score (nSPS) is 11.9. The van der Waals surface area contributed by atoms with E-state index >= 15 is 0 Å². The van der Waals surface area contributed by atoms with E-state index < -0.39 is 0 Å². The van der Waals surface area contributed by atoms with Gasteiger partial charge < -0.3 is 18.9 Å². The standard InChI is InChI=1S/C24H33ClO5/c1-6-10-16(5)29-22-19-15-17(25)11-12-18(19)21(30-20(26)9-4)23(27-13-7-2)24(22)28-14-8-3/h11-12,15-16H,6-10,13-14H2,1-5H3. The Morgan fingerprint density at radius 2 is 1.53 bits per heavy atom. The third-order valence-electron chi connectivity index (χ3n) is 4.51. The molecular weight excluding hydrogens is 404 g/mol. The van der Waals surface area contributed by atoms with Crippen molar-refractivity contribution in [1.29, 1.82) is 0 Å². The maximum atomic E-state index is 12.2. The summed E-state index contributed by atoms with van der Waals surface area (Å²) in [6, 6.07) is 5.41. The summed E-state index contributed by atoms with van der Waals surface area (Å²) in [4.78, 5) is 12.2. The Morgan fingerprint density at radius 1 is 0.900 bits per heavy atom. The average Bonchev–Trinajstić information content (AvgIpc) is 2.73. The fraction of sp³-hybridized carbons (Fsp3) is 0.542. The molecule has 0 heterocycles. The van der Waals surface area contributed by atoms with Crippen LogP contribution in [0.3, 0.4) is 0 Å². The largest absolute Gasteiger partial charge is 0.486 e. The summed E-state index contributed by atoms with van der Waals surface area (Å²) in [6.07, 6.45) is 3.73. The van der Waals surface area contributed by atoms with Crippen LogP contribution in [-0.4, -0.2) is 25.3 Å². The van der Waals surface area contributed by atoms with Crippen molar-refractivity contribution in [2.24, 2.45) is 0 Å². The lowest BCUT2D eigenvalue weighted by atomic mass is 10.1. The van der Waals surface area contributed by atoms with Crippen LogP contribution in [0.25, 0.3) is 10.8 Å². The van der Waals surface area contributed by atoms with Crippen molar-refractivity contribution in [3.05, 3.63) is 23.2 Å². The molecule has 0 aliphatic heterocycles. The number of carbonyl (C=O) groups excluding carboxylic acids is 1. The van der Waals surface area contributed by atoms with Gasteiger partial charge in [0.25, 0.3) is 0 Å². The van der Waals surface area contributed by atoms with Crippen molar-refractivity contribution in [3.8, 4) is 23.0 Å². The molecule has 0 N–H and O–H groups in total. The van der Waals surface area contributed by atoms with Gasteiger partial charge in [-0.3, -0.25) is 4.79 Å². The lowest BCUT2D eigenvalue weighted by Gasteiger charge is -2.24. The Morgan fingerprint density at radius 3 is 2.10 bits per heavy atom. The first-order chi connectivity index (χ1) is 14.5. The van der Waals surface area contributed by atoms with Crippen LogP contribution in [0.4, 0.5) is 0 Å². The van der Waals surface area contributed by atoms with Crippen molar-refractivity contribution in [3.63, 3.8) is 0 Å². The Hall–Kier alpha value is -2.14. The van der Waals surface area contributed by atoms with Crippen LogP contribution in [0.5, 0.6) is 23.0 Å². The molecule has 0 aromatic heterocycles. The molecule has 2 rings (SSSR count). The molecule has 0 aliphatic rings. The fourth-order valence-electron chi connectivity index (χ4n) is 3.09. The molecule has 0 saturated carbocycles. The lowest BCUT2D eigenvalue weighted by molar-refractivity contribution is -0.134. The van der Waals surface area contributed by atoms with Crippen LogP contribution in [0, 0.1) is 0 Å². The molecule has 1 atom stereocenters. The zero-order chi connectivity index (χ0) is 22.1. The molecule has 2 aromatic rings. The Kier molecular flexibility index (Phi) is 9.57. The van der Waals surface area contributed by atoms with Gasteiger partial charge in [0.05, 0.1) is 19.3 Å². The Labute approximate surface area is 184 Å². The van der Waals surface area contributed by atoms with Gasteiger partial charge in [-0.15, -0.1) is 0 Å². The number of hydrogen-bond acceptors (Lipinski definition) is 5. The first-order valence-corrected chi connectivity index (χ1v) is 11.3. The molecule has 0 bridgehead atoms. The first kappa shape index (κ1) is 24.1. The number of esters is 1. The molecule has 2 aromatic carbocycles. The number of rotatable bonds is 12. The highest BCUT2D eigenvalue weighted by Crippen LogP contribution is 2.52. The van der Waals surface area contributed by atoms with Crippen LogP contribution in [0.2, 0.25) is 5.02 Å². The van der Waals surface area contributed by atoms with Gasteiger partial charge in [0, 0.05) is 22.2 Å². The predicted octanol–water partition coefficient (Wildman–Crippen LogP) is 6.95. The quantitative estimate of drug-likeness (QED) is 0.266. The first-order valence-electron chi connectivity index (χ1n) is 10.9. The second-order valence-corrected chi connectivity index (χ2v) is 7.68. The summed E-state index contributed by atoms with van der Waals surface area (Å²) in [5.41, 5.74) is 0. The van der Waals surface area contributed by atoms with Crippen molar-refractivity contribution in [1.82, 2.24) is 0 Å². The van der Waals surface area contributed by atoms with E-state index in [-0.39, 0.29) is 18.5 Å². The highest BCUT2D eigenvalue weighted by molar-refractivity contribution is 6.31. The summed E-state index contributed by atoms with van der Waals surface area (Å²) in [6.45, 7) is 10.9. The third-order valence-corrected chi connectivity index (χ3v) is 4.74. The van der Waals surface area contributed by atoms with Gasteiger partial charge in [-0.2, -0.15) is 0 Å². The SMILES string of the molecule is CCCOc1c(OCCC)c(OC(C)CCC)c2cc(Cl)ccc2c1OC(=O)CC. The van der Waals surface area contributed by atoms with Gasteiger partial charge in [0.2, 0.25) is 11.5 Å². The molecule has 0 saturated heterocycles. The van der Waals surface area contributed by atoms with Crippen LogP contribution >= 0.6 is 11.6 Å². The van der Waals surface area contributed by atoms with Crippen molar-refractivity contribution >= 4 is 28.3 Å². The van der Waals surface area contributed by atoms with E-state index in [2.05, 4.69) is 6.92 Å². The molecule has 166 valence electrons. The molecule has 5 nitrogen and oxygen atoms in total. The van der Waals surface area contributed by atoms with E-state index in [9.17, 15) is 4.79 Å². The van der Waals surface area contributed by atoms with Crippen molar-refractivity contribution in [2.75, 3.05) is 13.2 Å². The summed E-state index contributed by atoms with van der Waals surface area (Å²) < 4.78 is 24.3. The smallest absolute Gasteiger partial charge is 0.311 e. The Bertz CT molecular complexity index is 849. The van der Waals surface area contributed by atoms with Crippen molar-refractivity contribution in [2.45, 2.75) is 72.8 Å². The third kappa shape index (κ3) is 5.94. The number of fused-ring (bicyclic) bond motifs is 1. The zero-order valence-corrected chi connectivity index (χ0v) is 19.4. The van der Waals surface area contributed by atoms with Gasteiger partial charge in [0.1, 0.15) is 0 Å². The number of carbonyl (C=O) groups is 1. The second kappa shape index (κ2) is 11.9. The zero-order valence-electron chi connectivity index (χ0n) is 18.7. The highest BCUT2D eigenvalue weighted by Gasteiger charge is 2.27. The Balaban J connectivity index is 2.82. The highest BCUT2D eigenvalue weighted by atomic mass is 35.5. The molecule has 1 unspecified atom stereocenters. The molecule has 0 amide bonds. The van der Waals surface area contributed by atoms with E-state index in [0.717, 1.165) is 31.1 Å². The maximum absolute atomic E-state index is 12.2. The topological polar surface area (TPSA) is 54.0 Å². The molecular formula is C24H33ClO5. The van der Waals surface area contributed by atoms with E-state index in [1.165, 1.54) is 0 Å². The molecule has 0 spiro atoms. The number of halogens is 1. The van der Waals surface area contributed by atoms with Gasteiger partial charge in [-0.25, -0.2) is 0 Å². The summed E-state index contributed by atoms with van der Waals surface area (Å²) >= 11 is 6.32. The lowest BCUT2D eigenvalue weighted by Crippen LogP contribution is -2.15. The monoisotopic (exact) mass is 436 g/mol. The van der Waals surface area contributed by atoms with Crippen LogP contribution in [0.15, 0.2) is 18.2 Å². The van der Waals surface area contributed by atoms with E-state index in [0.29, 0.717) is 46.6 Å². The van der Waals surface area contributed by atoms with Gasteiger partial charge in [-0.1, -0.05) is 45.7 Å². The minimum Gasteiger partial charge on any atom is -0.486 e. The predicted molar refractivity (Wildman–Crippen MR) is 121 cm³/mol. The van der Waals surface area contributed by atoms with Crippen LogP contribution in [-0.2, 0) is 4.79 Å². The second-order valence-electron chi connectivity index (χ2n) is 7.25. The average molecular weight is 437 g/mol. The molecule has 0 radical (unpaired) electrons. The molecule has 0 fully saturated rings. The van der Waals surface area contributed by atoms with Crippen LogP contribution < -0.4 is 18.9 Å². The van der Waals surface area contributed by atoms with E-state index in [1.54, 1.807) is 13.0 Å². The summed E-state index contributed by atoms with van der Waals surface area (Å²) in [5.74, 6) is 1.44. The molecule has 6 heteroatoms. The minimum absolute atomic E-state index is 0.0239. The van der Waals surface area contributed by atoms with E-state index in [4.69, 9.17) is 30.5 Å². The minimum atomic E-state index is -0.345. The summed E-state index contributed by atoms with van der Waals surface area (Å²) in [7, 11) is 0. The van der Waals surface area contributed by atoms with E-state index in [1.807, 2.05) is 32.9 Å². The number of hydrogen-bond donors (Lipinski definition) is 0. The summed E-state index contributed by atoms with van der Waals surface area (Å²) in [5, 5.41) is 2.00. The fourth-order valence-corrected chi connectivity index (χ4v) is 3.27.